The normalized spacial score (nSPS) is 16.1. The summed E-state index contributed by atoms with van der Waals surface area (Å²) in [6.07, 6.45) is 0.834. The van der Waals surface area contributed by atoms with E-state index in [4.69, 9.17) is 34.8 Å². The van der Waals surface area contributed by atoms with Crippen molar-refractivity contribution in [2.24, 2.45) is 0 Å². The molecule has 0 saturated carbocycles. The van der Waals surface area contributed by atoms with Crippen LogP contribution >= 0.6 is 46.1 Å². The molecule has 2 heterocycles. The lowest BCUT2D eigenvalue weighted by Gasteiger charge is -2.36. The molecule has 0 aliphatic carbocycles. The molecule has 2 amide bonds. The number of anilines is 1. The summed E-state index contributed by atoms with van der Waals surface area (Å²) in [5, 5.41) is 6.62. The predicted octanol–water partition coefficient (Wildman–Crippen LogP) is 6.89. The average Bonchev–Trinajstić information content (AvgIpc) is 3.09. The van der Waals surface area contributed by atoms with Crippen molar-refractivity contribution >= 4 is 57.9 Å². The van der Waals surface area contributed by atoms with E-state index in [1.807, 2.05) is 29.2 Å². The van der Waals surface area contributed by atoms with Crippen molar-refractivity contribution in [3.8, 4) is 0 Å². The third-order valence-corrected chi connectivity index (χ3v) is 6.21. The first-order chi connectivity index (χ1) is 13.0. The van der Waals surface area contributed by atoms with Crippen molar-refractivity contribution in [3.05, 3.63) is 85.0 Å². The summed E-state index contributed by atoms with van der Waals surface area (Å²) in [5.41, 5.74) is 2.76. The summed E-state index contributed by atoms with van der Waals surface area (Å²) in [4.78, 5) is 16.2. The van der Waals surface area contributed by atoms with Crippen molar-refractivity contribution < 1.29 is 4.79 Å². The Bertz CT molecular complexity index is 967. The van der Waals surface area contributed by atoms with E-state index in [2.05, 4.69) is 16.8 Å². The number of urea groups is 1. The van der Waals surface area contributed by atoms with Crippen LogP contribution < -0.4 is 5.32 Å². The van der Waals surface area contributed by atoms with Crippen LogP contribution in [0.4, 0.5) is 10.5 Å². The van der Waals surface area contributed by atoms with E-state index in [-0.39, 0.29) is 12.1 Å². The van der Waals surface area contributed by atoms with Gasteiger partial charge in [0.2, 0.25) is 0 Å². The highest BCUT2D eigenvalue weighted by atomic mass is 35.5. The second-order valence-electron chi connectivity index (χ2n) is 6.28. The molecule has 3 nitrogen and oxygen atoms in total. The Kier molecular flexibility index (Phi) is 5.33. The maximum Gasteiger partial charge on any atom is 0.322 e. The number of amides is 2. The Morgan fingerprint density at radius 3 is 2.41 bits per heavy atom. The fourth-order valence-corrected chi connectivity index (χ4v) is 4.92. The molecule has 1 aliphatic heterocycles. The van der Waals surface area contributed by atoms with Crippen molar-refractivity contribution in [1.82, 2.24) is 4.90 Å². The molecule has 138 valence electrons. The van der Waals surface area contributed by atoms with Crippen LogP contribution in [-0.4, -0.2) is 17.5 Å². The molecule has 4 rings (SSSR count). The third kappa shape index (κ3) is 3.94. The minimum absolute atomic E-state index is 0.160. The fourth-order valence-electron chi connectivity index (χ4n) is 3.36. The van der Waals surface area contributed by atoms with E-state index in [1.165, 1.54) is 4.88 Å². The molecule has 2 aromatic carbocycles. The Labute approximate surface area is 176 Å². The summed E-state index contributed by atoms with van der Waals surface area (Å²) in [6.45, 7) is 0.626. The predicted molar refractivity (Wildman–Crippen MR) is 114 cm³/mol. The van der Waals surface area contributed by atoms with Gasteiger partial charge in [0.15, 0.2) is 0 Å². The maximum atomic E-state index is 13.1. The third-order valence-electron chi connectivity index (χ3n) is 4.53. The van der Waals surface area contributed by atoms with Crippen molar-refractivity contribution in [3.63, 3.8) is 0 Å². The minimum Gasteiger partial charge on any atom is -0.313 e. The van der Waals surface area contributed by atoms with E-state index < -0.39 is 0 Å². The summed E-state index contributed by atoms with van der Waals surface area (Å²) in [5.74, 6) is 0. The number of carbonyl (C=O) groups is 1. The molecule has 1 unspecified atom stereocenters. The van der Waals surface area contributed by atoms with Crippen LogP contribution in [0.3, 0.4) is 0 Å². The number of thiophene rings is 1. The molecule has 1 aromatic heterocycles. The molecule has 7 heteroatoms. The number of nitrogens with one attached hydrogen (secondary N) is 1. The molecule has 0 bridgehead atoms. The maximum absolute atomic E-state index is 13.1. The van der Waals surface area contributed by atoms with Gasteiger partial charge in [-0.05, 0) is 59.3 Å². The zero-order chi connectivity index (χ0) is 19.0. The number of nitrogens with zero attached hydrogens (tertiary/aromatic N) is 1. The first-order valence-electron chi connectivity index (χ1n) is 8.37. The number of hydrogen-bond acceptors (Lipinski definition) is 2. The standard InChI is InChI=1S/C20H15Cl3N2OS/c21-13-3-1-12(2-4-13)19-17-6-8-27-18(17)5-7-25(19)20(26)24-16-10-14(22)9-15(23)11-16/h1-4,6,8-11,19H,5,7H2,(H,24,26). The van der Waals surface area contributed by atoms with Gasteiger partial charge in [0.25, 0.3) is 0 Å². The molecule has 1 N–H and O–H groups in total. The monoisotopic (exact) mass is 436 g/mol. The van der Waals surface area contributed by atoms with Gasteiger partial charge in [0.1, 0.15) is 0 Å². The smallest absolute Gasteiger partial charge is 0.313 e. The molecule has 1 atom stereocenters. The summed E-state index contributed by atoms with van der Waals surface area (Å²) >= 11 is 19.9. The van der Waals surface area contributed by atoms with Gasteiger partial charge in [-0.15, -0.1) is 11.3 Å². The summed E-state index contributed by atoms with van der Waals surface area (Å²) in [7, 11) is 0. The second-order valence-corrected chi connectivity index (χ2v) is 8.59. The molecule has 0 radical (unpaired) electrons. The lowest BCUT2D eigenvalue weighted by Crippen LogP contribution is -2.42. The molecule has 3 aromatic rings. The topological polar surface area (TPSA) is 32.3 Å². The second kappa shape index (κ2) is 7.72. The van der Waals surface area contributed by atoms with Crippen LogP contribution in [0.5, 0.6) is 0 Å². The van der Waals surface area contributed by atoms with E-state index in [9.17, 15) is 4.79 Å². The molecule has 0 fully saturated rings. The Balaban J connectivity index is 1.67. The van der Waals surface area contributed by atoms with Gasteiger partial charge in [-0.2, -0.15) is 0 Å². The molecule has 0 saturated heterocycles. The highest BCUT2D eigenvalue weighted by molar-refractivity contribution is 7.10. The average molecular weight is 438 g/mol. The number of benzene rings is 2. The van der Waals surface area contributed by atoms with Crippen LogP contribution in [-0.2, 0) is 6.42 Å². The van der Waals surface area contributed by atoms with Crippen molar-refractivity contribution in [1.29, 1.82) is 0 Å². The SMILES string of the molecule is O=C(Nc1cc(Cl)cc(Cl)c1)N1CCc2sccc2C1c1ccc(Cl)cc1. The van der Waals surface area contributed by atoms with E-state index in [1.54, 1.807) is 29.5 Å². The Hall–Kier alpha value is -1.72. The van der Waals surface area contributed by atoms with Gasteiger partial charge >= 0.3 is 6.03 Å². The number of halogens is 3. The van der Waals surface area contributed by atoms with Crippen LogP contribution in [0, 0.1) is 0 Å². The lowest BCUT2D eigenvalue weighted by atomic mass is 9.93. The minimum atomic E-state index is -0.190. The molecular weight excluding hydrogens is 423 g/mol. The van der Waals surface area contributed by atoms with E-state index in [0.717, 1.165) is 17.5 Å². The van der Waals surface area contributed by atoms with E-state index in [0.29, 0.717) is 27.3 Å². The lowest BCUT2D eigenvalue weighted by molar-refractivity contribution is 0.194. The zero-order valence-corrected chi connectivity index (χ0v) is 17.2. The molecule has 1 aliphatic rings. The number of fused-ring (bicyclic) bond motifs is 1. The van der Waals surface area contributed by atoms with Crippen LogP contribution in [0.1, 0.15) is 22.0 Å². The molecule has 27 heavy (non-hydrogen) atoms. The number of carbonyl (C=O) groups excluding carboxylic acids is 1. The van der Waals surface area contributed by atoms with Gasteiger partial charge in [-0.25, -0.2) is 4.79 Å². The van der Waals surface area contributed by atoms with E-state index >= 15 is 0 Å². The van der Waals surface area contributed by atoms with Crippen LogP contribution in [0.15, 0.2) is 53.9 Å². The van der Waals surface area contributed by atoms with Crippen molar-refractivity contribution in [2.45, 2.75) is 12.5 Å². The van der Waals surface area contributed by atoms with Gasteiger partial charge in [-0.3, -0.25) is 0 Å². The van der Waals surface area contributed by atoms with Crippen LogP contribution in [0.25, 0.3) is 0 Å². The first-order valence-corrected chi connectivity index (χ1v) is 10.4. The number of hydrogen-bond donors (Lipinski definition) is 1. The summed E-state index contributed by atoms with van der Waals surface area (Å²) < 4.78 is 0. The quantitative estimate of drug-likeness (QED) is 0.465. The van der Waals surface area contributed by atoms with Gasteiger partial charge < -0.3 is 10.2 Å². The van der Waals surface area contributed by atoms with Gasteiger partial charge in [-0.1, -0.05) is 46.9 Å². The Morgan fingerprint density at radius 2 is 1.70 bits per heavy atom. The van der Waals surface area contributed by atoms with Crippen LogP contribution in [0.2, 0.25) is 15.1 Å². The van der Waals surface area contributed by atoms with Gasteiger partial charge in [0, 0.05) is 32.2 Å². The largest absolute Gasteiger partial charge is 0.322 e. The fraction of sp³-hybridized carbons (Fsp3) is 0.150. The highest BCUT2D eigenvalue weighted by Gasteiger charge is 2.32. The van der Waals surface area contributed by atoms with Gasteiger partial charge in [0.05, 0.1) is 6.04 Å². The number of rotatable bonds is 2. The Morgan fingerprint density at radius 1 is 1.00 bits per heavy atom. The van der Waals surface area contributed by atoms with Crippen molar-refractivity contribution in [2.75, 3.05) is 11.9 Å². The highest BCUT2D eigenvalue weighted by Crippen LogP contribution is 2.38. The molecule has 0 spiro atoms. The summed E-state index contributed by atoms with van der Waals surface area (Å²) in [6, 6.07) is 14.4. The zero-order valence-electron chi connectivity index (χ0n) is 14.1. The first kappa shape index (κ1) is 18.6. The molecular formula is C20H15Cl3N2OS.